The molecule has 0 spiro atoms. The van der Waals surface area contributed by atoms with Crippen LogP contribution in [0.4, 0.5) is 10.5 Å². The van der Waals surface area contributed by atoms with Gasteiger partial charge in [0.05, 0.1) is 4.92 Å². The van der Waals surface area contributed by atoms with Gasteiger partial charge in [0.15, 0.2) is 0 Å². The Hall–Kier alpha value is -2.41. The van der Waals surface area contributed by atoms with E-state index in [0.29, 0.717) is 6.54 Å². The molecule has 2 rings (SSSR count). The second-order valence-electron chi connectivity index (χ2n) is 5.95. The van der Waals surface area contributed by atoms with Crippen molar-refractivity contribution in [3.63, 3.8) is 0 Å². The lowest BCUT2D eigenvalue weighted by atomic mass is 10.1. The molecule has 2 amide bonds. The zero-order chi connectivity index (χ0) is 17.4. The fraction of sp³-hybridized carbons (Fsp3) is 0.471. The third-order valence-corrected chi connectivity index (χ3v) is 4.05. The normalized spacial score (nSPS) is 19.2. The molecule has 1 aromatic carbocycles. The second-order valence-corrected chi connectivity index (χ2v) is 5.95. The van der Waals surface area contributed by atoms with Crippen molar-refractivity contribution in [3.8, 4) is 0 Å². The molecule has 0 heterocycles. The van der Waals surface area contributed by atoms with Crippen LogP contribution in [-0.2, 0) is 6.42 Å². The SMILES string of the molecule is O=C(NCCCCc1ccc([N+](=O)[O-])cc1)N[C@@H]1C=C[C@H](CO)C1. The summed E-state index contributed by atoms with van der Waals surface area (Å²) in [5, 5.41) is 25.3. The number of benzene rings is 1. The summed E-state index contributed by atoms with van der Waals surface area (Å²) in [4.78, 5) is 21.9. The number of nitrogens with one attached hydrogen (secondary N) is 2. The van der Waals surface area contributed by atoms with E-state index in [1.807, 2.05) is 12.2 Å². The number of nitro benzene ring substituents is 1. The molecule has 7 heteroatoms. The summed E-state index contributed by atoms with van der Waals surface area (Å²) in [5.74, 6) is 0.136. The van der Waals surface area contributed by atoms with E-state index in [9.17, 15) is 14.9 Å². The highest BCUT2D eigenvalue weighted by Gasteiger charge is 2.19. The molecule has 130 valence electrons. The van der Waals surface area contributed by atoms with Crippen molar-refractivity contribution in [2.24, 2.45) is 5.92 Å². The number of unbranched alkanes of at least 4 members (excludes halogenated alkanes) is 1. The van der Waals surface area contributed by atoms with Crippen molar-refractivity contribution < 1.29 is 14.8 Å². The van der Waals surface area contributed by atoms with Gasteiger partial charge in [0.25, 0.3) is 5.69 Å². The molecule has 0 aliphatic heterocycles. The number of hydrogen-bond acceptors (Lipinski definition) is 4. The molecular formula is C17H23N3O4. The van der Waals surface area contributed by atoms with Gasteiger partial charge in [-0.25, -0.2) is 4.79 Å². The molecule has 0 unspecified atom stereocenters. The Balaban J connectivity index is 1.57. The summed E-state index contributed by atoms with van der Waals surface area (Å²) >= 11 is 0. The van der Waals surface area contributed by atoms with Crippen molar-refractivity contribution in [2.45, 2.75) is 31.7 Å². The predicted octanol–water partition coefficient (Wildman–Crippen LogP) is 2.15. The highest BCUT2D eigenvalue weighted by atomic mass is 16.6. The Morgan fingerprint density at radius 2 is 2.00 bits per heavy atom. The second kappa shape index (κ2) is 9.02. The van der Waals surface area contributed by atoms with E-state index in [0.717, 1.165) is 31.2 Å². The van der Waals surface area contributed by atoms with Crippen LogP contribution < -0.4 is 10.6 Å². The minimum atomic E-state index is -0.408. The number of aliphatic hydroxyl groups is 1. The van der Waals surface area contributed by atoms with Gasteiger partial charge in [-0.3, -0.25) is 10.1 Å². The Bertz CT molecular complexity index is 586. The summed E-state index contributed by atoms with van der Waals surface area (Å²) < 4.78 is 0. The van der Waals surface area contributed by atoms with E-state index in [1.54, 1.807) is 12.1 Å². The van der Waals surface area contributed by atoms with Gasteiger partial charge in [-0.1, -0.05) is 24.3 Å². The number of amides is 2. The van der Waals surface area contributed by atoms with Gasteiger partial charge >= 0.3 is 6.03 Å². The third kappa shape index (κ3) is 5.66. The molecule has 2 atom stereocenters. The Morgan fingerprint density at radius 1 is 1.25 bits per heavy atom. The van der Waals surface area contributed by atoms with Gasteiger partial charge in [-0.05, 0) is 31.2 Å². The molecule has 0 radical (unpaired) electrons. The number of nitro groups is 1. The standard InChI is InChI=1S/C17H23N3O4/c21-12-14-4-7-15(11-14)19-17(22)18-10-2-1-3-13-5-8-16(9-6-13)20(23)24/h4-9,14-15,21H,1-3,10-12H2,(H2,18,19,22)/t14-,15+/m0/s1. The van der Waals surface area contributed by atoms with Crippen LogP contribution in [0.25, 0.3) is 0 Å². The van der Waals surface area contributed by atoms with Gasteiger partial charge in [-0.15, -0.1) is 0 Å². The largest absolute Gasteiger partial charge is 0.396 e. The number of aliphatic hydroxyl groups excluding tert-OH is 1. The summed E-state index contributed by atoms with van der Waals surface area (Å²) in [6.07, 6.45) is 7.14. The summed E-state index contributed by atoms with van der Waals surface area (Å²) in [7, 11) is 0. The van der Waals surface area contributed by atoms with E-state index in [4.69, 9.17) is 5.11 Å². The molecule has 1 aromatic rings. The lowest BCUT2D eigenvalue weighted by molar-refractivity contribution is -0.384. The Kier molecular flexibility index (Phi) is 6.74. The maximum atomic E-state index is 11.7. The molecular weight excluding hydrogens is 310 g/mol. The average Bonchev–Trinajstić information content (AvgIpc) is 3.02. The van der Waals surface area contributed by atoms with E-state index in [1.165, 1.54) is 12.1 Å². The molecule has 7 nitrogen and oxygen atoms in total. The molecule has 0 bridgehead atoms. The first-order chi connectivity index (χ1) is 11.6. The molecule has 3 N–H and O–H groups in total. The smallest absolute Gasteiger partial charge is 0.315 e. The third-order valence-electron chi connectivity index (χ3n) is 4.05. The molecule has 1 aliphatic carbocycles. The average molecular weight is 333 g/mol. The number of hydrogen-bond donors (Lipinski definition) is 3. The summed E-state index contributed by atoms with van der Waals surface area (Å²) in [5.41, 5.74) is 1.15. The lowest BCUT2D eigenvalue weighted by Crippen LogP contribution is -2.41. The van der Waals surface area contributed by atoms with Crippen LogP contribution in [0.1, 0.15) is 24.8 Å². The first-order valence-corrected chi connectivity index (χ1v) is 8.15. The van der Waals surface area contributed by atoms with Gasteiger partial charge in [0.1, 0.15) is 0 Å². The van der Waals surface area contributed by atoms with Crippen molar-refractivity contribution in [1.82, 2.24) is 10.6 Å². The van der Waals surface area contributed by atoms with Crippen LogP contribution in [0.2, 0.25) is 0 Å². The Morgan fingerprint density at radius 3 is 2.62 bits per heavy atom. The lowest BCUT2D eigenvalue weighted by Gasteiger charge is -2.13. The fourth-order valence-corrected chi connectivity index (χ4v) is 2.68. The molecule has 0 saturated carbocycles. The molecule has 0 aromatic heterocycles. The summed E-state index contributed by atoms with van der Waals surface area (Å²) in [6.45, 7) is 0.692. The number of aryl methyl sites for hydroxylation is 1. The van der Waals surface area contributed by atoms with E-state index in [2.05, 4.69) is 10.6 Å². The number of nitrogens with zero attached hydrogens (tertiary/aromatic N) is 1. The number of rotatable bonds is 8. The van der Waals surface area contributed by atoms with Crippen LogP contribution in [-0.4, -0.2) is 35.3 Å². The van der Waals surface area contributed by atoms with Crippen LogP contribution in [0.5, 0.6) is 0 Å². The first kappa shape index (κ1) is 17.9. The van der Waals surface area contributed by atoms with Crippen molar-refractivity contribution in [1.29, 1.82) is 0 Å². The van der Waals surface area contributed by atoms with Crippen LogP contribution in [0.15, 0.2) is 36.4 Å². The Labute approximate surface area is 140 Å². The van der Waals surface area contributed by atoms with Crippen LogP contribution in [0, 0.1) is 16.0 Å². The minimum absolute atomic E-state index is 0.0118. The molecule has 1 aliphatic rings. The van der Waals surface area contributed by atoms with Crippen LogP contribution >= 0.6 is 0 Å². The van der Waals surface area contributed by atoms with E-state index >= 15 is 0 Å². The fourth-order valence-electron chi connectivity index (χ4n) is 2.68. The molecule has 24 heavy (non-hydrogen) atoms. The highest BCUT2D eigenvalue weighted by Crippen LogP contribution is 2.16. The van der Waals surface area contributed by atoms with Crippen molar-refractivity contribution in [2.75, 3.05) is 13.2 Å². The number of non-ortho nitro benzene ring substituents is 1. The maximum absolute atomic E-state index is 11.7. The van der Waals surface area contributed by atoms with Gasteiger partial charge in [0.2, 0.25) is 0 Å². The van der Waals surface area contributed by atoms with Gasteiger partial charge in [-0.2, -0.15) is 0 Å². The predicted molar refractivity (Wildman–Crippen MR) is 90.7 cm³/mol. The number of urea groups is 1. The van der Waals surface area contributed by atoms with Gasteiger partial charge < -0.3 is 15.7 Å². The van der Waals surface area contributed by atoms with Gasteiger partial charge in [0, 0.05) is 37.2 Å². The minimum Gasteiger partial charge on any atom is -0.396 e. The number of carbonyl (C=O) groups excluding carboxylic acids is 1. The zero-order valence-electron chi connectivity index (χ0n) is 13.5. The first-order valence-electron chi connectivity index (χ1n) is 8.15. The highest BCUT2D eigenvalue weighted by molar-refractivity contribution is 5.74. The molecule has 0 fully saturated rings. The zero-order valence-corrected chi connectivity index (χ0v) is 13.5. The monoisotopic (exact) mass is 333 g/mol. The van der Waals surface area contributed by atoms with E-state index < -0.39 is 4.92 Å². The number of carbonyl (C=O) groups is 1. The quantitative estimate of drug-likeness (QED) is 0.293. The summed E-state index contributed by atoms with van der Waals surface area (Å²) in [6, 6.07) is 6.34. The van der Waals surface area contributed by atoms with E-state index in [-0.39, 0.29) is 30.3 Å². The molecule has 0 saturated heterocycles. The maximum Gasteiger partial charge on any atom is 0.315 e. The van der Waals surface area contributed by atoms with Crippen LogP contribution in [0.3, 0.4) is 0 Å². The van der Waals surface area contributed by atoms with Crippen molar-refractivity contribution in [3.05, 3.63) is 52.1 Å². The van der Waals surface area contributed by atoms with Crippen molar-refractivity contribution >= 4 is 11.7 Å². The topological polar surface area (TPSA) is 104 Å².